The van der Waals surface area contributed by atoms with Crippen molar-refractivity contribution >= 4 is 33.9 Å². The molecule has 4 aliphatic heterocycles. The standard InChI is InChI=1S/C25H43N7O6S/c26-24(27)30-11-6-7-19(18-30)17-20-21(23(34)35)32(22(20)33)25(36)29-12-14-31(15-13-29)39(37,38)16-5-4-10-28-8-2-1-3-9-28/h19-21H,1-18H2,(H3,26,27)(H,34,35)/t19?,20-,21?/m1/s1. The van der Waals surface area contributed by atoms with E-state index in [4.69, 9.17) is 11.1 Å². The van der Waals surface area contributed by atoms with Crippen LogP contribution < -0.4 is 5.73 Å². The van der Waals surface area contributed by atoms with E-state index in [1.54, 1.807) is 4.90 Å². The number of unbranched alkanes of at least 4 members (excludes halogenated alkanes) is 1. The second-order valence-corrected chi connectivity index (χ2v) is 13.4. The molecule has 0 saturated carbocycles. The molecule has 0 bridgehead atoms. The molecule has 2 unspecified atom stereocenters. The lowest BCUT2D eigenvalue weighted by Crippen LogP contribution is -2.70. The first-order valence-electron chi connectivity index (χ1n) is 14.2. The third-order valence-corrected chi connectivity index (χ3v) is 10.6. The van der Waals surface area contributed by atoms with Crippen molar-refractivity contribution in [3.05, 3.63) is 0 Å². The molecule has 4 fully saturated rings. The van der Waals surface area contributed by atoms with E-state index in [0.29, 0.717) is 25.9 Å². The number of aliphatic carboxylic acids is 1. The first kappa shape index (κ1) is 29.5. The number of likely N-dealkylation sites (tertiary alicyclic amines) is 3. The summed E-state index contributed by atoms with van der Waals surface area (Å²) in [7, 11) is -3.44. The highest BCUT2D eigenvalue weighted by atomic mass is 32.2. The number of sulfonamides is 1. The van der Waals surface area contributed by atoms with Crippen LogP contribution in [0.5, 0.6) is 0 Å². The lowest BCUT2D eigenvalue weighted by Gasteiger charge is -2.47. The Hall–Kier alpha value is -2.45. The molecule has 0 aliphatic carbocycles. The number of rotatable bonds is 9. The average Bonchev–Trinajstić information content (AvgIpc) is 2.93. The van der Waals surface area contributed by atoms with Gasteiger partial charge in [-0.25, -0.2) is 22.9 Å². The maximum atomic E-state index is 13.1. The Morgan fingerprint density at radius 1 is 0.949 bits per heavy atom. The highest BCUT2D eigenvalue weighted by Crippen LogP contribution is 2.36. The Bertz CT molecular complexity index is 1030. The predicted octanol–water partition coefficient (Wildman–Crippen LogP) is 0.227. The summed E-state index contributed by atoms with van der Waals surface area (Å²) < 4.78 is 27.1. The molecule has 13 nitrogen and oxygen atoms in total. The van der Waals surface area contributed by atoms with Gasteiger partial charge in [-0.3, -0.25) is 10.2 Å². The van der Waals surface area contributed by atoms with Gasteiger partial charge in [0.05, 0.1) is 11.7 Å². The van der Waals surface area contributed by atoms with Crippen molar-refractivity contribution in [1.82, 2.24) is 23.9 Å². The van der Waals surface area contributed by atoms with Gasteiger partial charge in [-0.2, -0.15) is 4.31 Å². The molecule has 0 spiro atoms. The molecule has 39 heavy (non-hydrogen) atoms. The highest BCUT2D eigenvalue weighted by Gasteiger charge is 2.56. The van der Waals surface area contributed by atoms with E-state index in [1.165, 1.54) is 28.5 Å². The summed E-state index contributed by atoms with van der Waals surface area (Å²) in [5, 5.41) is 17.5. The summed E-state index contributed by atoms with van der Waals surface area (Å²) in [5.74, 6) is -2.47. The van der Waals surface area contributed by atoms with Crippen LogP contribution in [0.15, 0.2) is 0 Å². The third-order valence-electron chi connectivity index (χ3n) is 8.60. The summed E-state index contributed by atoms with van der Waals surface area (Å²) in [4.78, 5) is 44.5. The maximum absolute atomic E-state index is 13.1. The van der Waals surface area contributed by atoms with E-state index in [9.17, 15) is 27.9 Å². The van der Waals surface area contributed by atoms with E-state index in [0.717, 1.165) is 43.8 Å². The zero-order valence-electron chi connectivity index (χ0n) is 22.7. The van der Waals surface area contributed by atoms with Crippen molar-refractivity contribution in [2.45, 2.75) is 57.4 Å². The molecule has 0 radical (unpaired) electrons. The van der Waals surface area contributed by atoms with Crippen molar-refractivity contribution in [1.29, 1.82) is 5.41 Å². The van der Waals surface area contributed by atoms with Crippen LogP contribution in [0.4, 0.5) is 4.79 Å². The van der Waals surface area contributed by atoms with Gasteiger partial charge in [0.1, 0.15) is 0 Å². The Morgan fingerprint density at radius 3 is 2.28 bits per heavy atom. The van der Waals surface area contributed by atoms with Gasteiger partial charge < -0.3 is 25.5 Å². The van der Waals surface area contributed by atoms with Gasteiger partial charge in [0.2, 0.25) is 15.9 Å². The van der Waals surface area contributed by atoms with Crippen molar-refractivity contribution in [2.75, 3.05) is 64.7 Å². The second kappa shape index (κ2) is 12.8. The number of β-lactam (4-membered cyclic amide) rings is 1. The fourth-order valence-corrected chi connectivity index (χ4v) is 7.90. The summed E-state index contributed by atoms with van der Waals surface area (Å²) >= 11 is 0. The molecule has 0 aromatic carbocycles. The van der Waals surface area contributed by atoms with Crippen molar-refractivity contribution in [3.8, 4) is 0 Å². The summed E-state index contributed by atoms with van der Waals surface area (Å²) in [5.41, 5.74) is 5.60. The summed E-state index contributed by atoms with van der Waals surface area (Å²) in [6.07, 6.45) is 7.04. The fourth-order valence-electron chi connectivity index (χ4n) is 6.35. The third kappa shape index (κ3) is 7.01. The molecule has 4 aliphatic rings. The summed E-state index contributed by atoms with van der Waals surface area (Å²) in [6, 6.07) is -1.91. The van der Waals surface area contributed by atoms with Crippen LogP contribution in [0.3, 0.4) is 0 Å². The minimum atomic E-state index is -3.44. The second-order valence-electron chi connectivity index (χ2n) is 11.3. The lowest BCUT2D eigenvalue weighted by molar-refractivity contribution is -0.167. The quantitative estimate of drug-likeness (QED) is 0.152. The number of amides is 3. The monoisotopic (exact) mass is 569 g/mol. The van der Waals surface area contributed by atoms with E-state index in [2.05, 4.69) is 4.90 Å². The Kier molecular flexibility index (Phi) is 9.70. The number of carboxylic acids is 1. The largest absolute Gasteiger partial charge is 0.480 e. The minimum absolute atomic E-state index is 0.0179. The average molecular weight is 570 g/mol. The van der Waals surface area contributed by atoms with Crippen molar-refractivity contribution < 1.29 is 27.9 Å². The SMILES string of the molecule is N=C(N)N1CCCC(C[C@H]2C(=O)N(C(=O)N3CCN(S(=O)(=O)CCCCN4CCCCC4)CC3)C2C(=O)O)C1. The van der Waals surface area contributed by atoms with Crippen LogP contribution in [0.1, 0.15) is 51.4 Å². The Morgan fingerprint density at radius 2 is 1.64 bits per heavy atom. The van der Waals surface area contributed by atoms with Crippen LogP contribution >= 0.6 is 0 Å². The lowest BCUT2D eigenvalue weighted by atomic mass is 9.78. The van der Waals surface area contributed by atoms with E-state index in [-0.39, 0.29) is 43.8 Å². The zero-order valence-corrected chi connectivity index (χ0v) is 23.5. The van der Waals surface area contributed by atoms with Crippen LogP contribution in [0.2, 0.25) is 0 Å². The van der Waals surface area contributed by atoms with Crippen LogP contribution in [0.25, 0.3) is 0 Å². The molecule has 4 rings (SSSR count). The molecule has 14 heteroatoms. The number of piperazine rings is 1. The number of carboxylic acid groups (broad SMARTS) is 1. The van der Waals surface area contributed by atoms with E-state index < -0.39 is 39.9 Å². The normalized spacial score (nSPS) is 27.3. The van der Waals surface area contributed by atoms with Gasteiger partial charge in [0.25, 0.3) is 0 Å². The number of nitrogens with two attached hydrogens (primary N) is 1. The number of guanidine groups is 1. The molecular formula is C25H43N7O6S. The number of piperidine rings is 2. The molecule has 4 heterocycles. The molecular weight excluding hydrogens is 526 g/mol. The molecule has 0 aromatic heterocycles. The fraction of sp³-hybridized carbons (Fsp3) is 0.840. The van der Waals surface area contributed by atoms with Gasteiger partial charge >= 0.3 is 12.0 Å². The molecule has 4 N–H and O–H groups in total. The topological polar surface area (TPSA) is 172 Å². The van der Waals surface area contributed by atoms with Gasteiger partial charge in [-0.15, -0.1) is 0 Å². The first-order valence-corrected chi connectivity index (χ1v) is 15.8. The van der Waals surface area contributed by atoms with Gasteiger partial charge in [0.15, 0.2) is 12.0 Å². The van der Waals surface area contributed by atoms with Crippen LogP contribution in [-0.4, -0.2) is 132 Å². The molecule has 0 aromatic rings. The van der Waals surface area contributed by atoms with Crippen LogP contribution in [-0.2, 0) is 19.6 Å². The molecule has 3 atom stereocenters. The summed E-state index contributed by atoms with van der Waals surface area (Å²) in [6.45, 7) is 4.74. The molecule has 4 saturated heterocycles. The number of carbonyl (C=O) groups is 3. The predicted molar refractivity (Wildman–Crippen MR) is 144 cm³/mol. The van der Waals surface area contributed by atoms with Gasteiger partial charge in [0, 0.05) is 39.3 Å². The number of carbonyl (C=O) groups excluding carboxylic acids is 2. The zero-order chi connectivity index (χ0) is 28.2. The van der Waals surface area contributed by atoms with Crippen LogP contribution in [0, 0.1) is 17.2 Å². The number of urea groups is 1. The minimum Gasteiger partial charge on any atom is -0.480 e. The maximum Gasteiger partial charge on any atom is 0.327 e. The number of hydrogen-bond acceptors (Lipinski definition) is 7. The first-order chi connectivity index (χ1) is 18.6. The Balaban J connectivity index is 1.24. The number of nitrogens with zero attached hydrogens (tertiary/aromatic N) is 5. The van der Waals surface area contributed by atoms with Gasteiger partial charge in [-0.05, 0) is 70.5 Å². The highest BCUT2D eigenvalue weighted by molar-refractivity contribution is 7.89. The van der Waals surface area contributed by atoms with Crippen molar-refractivity contribution in [3.63, 3.8) is 0 Å². The number of imide groups is 1. The molecule has 220 valence electrons. The van der Waals surface area contributed by atoms with Crippen molar-refractivity contribution in [2.24, 2.45) is 17.6 Å². The number of hydrogen-bond donors (Lipinski definition) is 3. The number of nitrogens with one attached hydrogen (secondary N) is 1. The molecule has 3 amide bonds. The van der Waals surface area contributed by atoms with E-state index >= 15 is 0 Å². The Labute approximate surface area is 230 Å². The van der Waals surface area contributed by atoms with Gasteiger partial charge in [-0.1, -0.05) is 6.42 Å². The van der Waals surface area contributed by atoms with E-state index in [1.807, 2.05) is 0 Å². The smallest absolute Gasteiger partial charge is 0.327 e.